The molecule has 1 N–H and O–H groups in total. The fourth-order valence-corrected chi connectivity index (χ4v) is 5.25. The van der Waals surface area contributed by atoms with Crippen molar-refractivity contribution in [2.75, 3.05) is 44.9 Å². The van der Waals surface area contributed by atoms with Gasteiger partial charge in [0.1, 0.15) is 0 Å². The van der Waals surface area contributed by atoms with Crippen molar-refractivity contribution in [2.45, 2.75) is 44.2 Å². The van der Waals surface area contributed by atoms with E-state index >= 15 is 0 Å². The van der Waals surface area contributed by atoms with E-state index in [2.05, 4.69) is 41.3 Å². The second-order valence-electron chi connectivity index (χ2n) is 8.79. The summed E-state index contributed by atoms with van der Waals surface area (Å²) in [7, 11) is 1.67. The number of anilines is 1. The molecule has 170 valence electrons. The number of aliphatic hydroxyl groups is 1. The molecule has 5 rings (SSSR count). The Morgan fingerprint density at radius 2 is 1.88 bits per heavy atom. The van der Waals surface area contributed by atoms with E-state index in [9.17, 15) is 5.11 Å². The number of aliphatic hydroxyl groups excluding tert-OH is 1. The molecule has 3 atom stereocenters. The molecule has 2 fully saturated rings. The highest BCUT2D eigenvalue weighted by atomic mass is 16.5. The molecule has 1 saturated heterocycles. The van der Waals surface area contributed by atoms with Crippen LogP contribution in [-0.2, 0) is 4.74 Å². The maximum Gasteiger partial charge on any atom is 0.161 e. The summed E-state index contributed by atoms with van der Waals surface area (Å²) in [6.07, 6.45) is 2.17. The number of hydrogen-bond donors (Lipinski definition) is 1. The number of fused-ring (bicyclic) bond motifs is 3. The first kappa shape index (κ1) is 21.3. The van der Waals surface area contributed by atoms with Crippen molar-refractivity contribution in [3.63, 3.8) is 0 Å². The van der Waals surface area contributed by atoms with Gasteiger partial charge in [-0.25, -0.2) is 0 Å². The summed E-state index contributed by atoms with van der Waals surface area (Å²) >= 11 is 0. The number of nitrogens with zero attached hydrogens (tertiary/aromatic N) is 2. The van der Waals surface area contributed by atoms with Crippen LogP contribution in [0.4, 0.5) is 5.69 Å². The zero-order valence-electron chi connectivity index (χ0n) is 18.9. The van der Waals surface area contributed by atoms with E-state index in [4.69, 9.17) is 19.2 Å². The Morgan fingerprint density at radius 3 is 2.59 bits per heavy atom. The molecule has 3 aliphatic rings. The van der Waals surface area contributed by atoms with Crippen LogP contribution in [0.2, 0.25) is 0 Å². The average molecular weight is 437 g/mol. The first-order valence-electron chi connectivity index (χ1n) is 11.7. The van der Waals surface area contributed by atoms with E-state index in [1.165, 1.54) is 11.3 Å². The largest absolute Gasteiger partial charge is 0.493 e. The third-order valence-corrected chi connectivity index (χ3v) is 6.89. The predicted octanol–water partition coefficient (Wildman–Crippen LogP) is 3.78. The van der Waals surface area contributed by atoms with Crippen molar-refractivity contribution in [1.82, 2.24) is 0 Å². The van der Waals surface area contributed by atoms with Crippen molar-refractivity contribution < 1.29 is 19.3 Å². The minimum absolute atomic E-state index is 0.183. The van der Waals surface area contributed by atoms with Crippen LogP contribution in [0, 0.1) is 0 Å². The molecule has 0 bridgehead atoms. The first-order valence-corrected chi connectivity index (χ1v) is 11.7. The van der Waals surface area contributed by atoms with E-state index in [0.29, 0.717) is 6.61 Å². The number of morpholine rings is 1. The molecule has 1 aliphatic carbocycles. The lowest BCUT2D eigenvalue weighted by Crippen LogP contribution is -2.36. The third kappa shape index (κ3) is 3.97. The Hall–Kier alpha value is -2.57. The highest BCUT2D eigenvalue weighted by Crippen LogP contribution is 2.45. The smallest absolute Gasteiger partial charge is 0.161 e. The van der Waals surface area contributed by atoms with Crippen LogP contribution >= 0.6 is 0 Å². The summed E-state index contributed by atoms with van der Waals surface area (Å²) < 4.78 is 17.0. The van der Waals surface area contributed by atoms with Crippen LogP contribution < -0.4 is 14.4 Å². The lowest BCUT2D eigenvalue weighted by Gasteiger charge is -2.37. The second kappa shape index (κ2) is 9.12. The van der Waals surface area contributed by atoms with Crippen LogP contribution in [0.15, 0.2) is 41.4 Å². The summed E-state index contributed by atoms with van der Waals surface area (Å²) in [5, 5.41) is 10.4. The fourth-order valence-electron chi connectivity index (χ4n) is 5.25. The minimum Gasteiger partial charge on any atom is -0.493 e. The van der Waals surface area contributed by atoms with E-state index in [1.54, 1.807) is 7.11 Å². The first-order chi connectivity index (χ1) is 15.7. The summed E-state index contributed by atoms with van der Waals surface area (Å²) in [4.78, 5) is 7.58. The van der Waals surface area contributed by atoms with Gasteiger partial charge in [-0.1, -0.05) is 12.1 Å². The van der Waals surface area contributed by atoms with Gasteiger partial charge >= 0.3 is 0 Å². The molecule has 2 aliphatic heterocycles. The summed E-state index contributed by atoms with van der Waals surface area (Å²) in [5.41, 5.74) is 5.63. The standard InChI is InChI=1S/C26H32N2O4/c1-3-32-25-15-20-21-14-19(29)8-9-23(21)27-26(22(20)16-24(25)30-2)17-4-6-18(7-5-17)28-10-12-31-13-11-28/h4-7,15-16,19,21,23,29H,3,8-14H2,1-2H3. The Kier molecular flexibility index (Phi) is 6.07. The van der Waals surface area contributed by atoms with Gasteiger partial charge in [0.15, 0.2) is 11.5 Å². The van der Waals surface area contributed by atoms with E-state index in [1.807, 2.05) is 6.92 Å². The van der Waals surface area contributed by atoms with Gasteiger partial charge < -0.3 is 24.2 Å². The minimum atomic E-state index is -0.272. The Morgan fingerprint density at radius 1 is 1.09 bits per heavy atom. The number of ether oxygens (including phenoxy) is 3. The molecule has 6 heteroatoms. The molecular weight excluding hydrogens is 404 g/mol. The lowest BCUT2D eigenvalue weighted by atomic mass is 9.74. The summed E-state index contributed by atoms with van der Waals surface area (Å²) in [6, 6.07) is 13.1. The van der Waals surface area contributed by atoms with Crippen molar-refractivity contribution in [3.05, 3.63) is 53.1 Å². The highest BCUT2D eigenvalue weighted by molar-refractivity contribution is 6.15. The Labute approximate surface area is 189 Å². The molecule has 0 aromatic heterocycles. The SMILES string of the molecule is CCOc1cc2c(cc1OC)C(c1ccc(N3CCOCC3)cc1)=NC1CCC(O)CC21. The Bertz CT molecular complexity index is 982. The highest BCUT2D eigenvalue weighted by Gasteiger charge is 2.37. The zero-order valence-corrected chi connectivity index (χ0v) is 18.9. The maximum atomic E-state index is 10.4. The Balaban J connectivity index is 1.55. The molecule has 2 aromatic carbocycles. The second-order valence-corrected chi connectivity index (χ2v) is 8.79. The van der Waals surface area contributed by atoms with Gasteiger partial charge in [0.05, 0.1) is 44.8 Å². The van der Waals surface area contributed by atoms with Crippen LogP contribution in [0.3, 0.4) is 0 Å². The number of rotatable bonds is 5. The van der Waals surface area contributed by atoms with Crippen molar-refractivity contribution in [2.24, 2.45) is 4.99 Å². The topological polar surface area (TPSA) is 63.5 Å². The summed E-state index contributed by atoms with van der Waals surface area (Å²) in [6.45, 7) is 5.96. The molecule has 6 nitrogen and oxygen atoms in total. The maximum absolute atomic E-state index is 10.4. The van der Waals surface area contributed by atoms with Crippen molar-refractivity contribution >= 4 is 11.4 Å². The van der Waals surface area contributed by atoms with Crippen LogP contribution in [-0.4, -0.2) is 63.0 Å². The third-order valence-electron chi connectivity index (χ3n) is 6.89. The average Bonchev–Trinajstić information content (AvgIpc) is 2.84. The molecule has 2 aromatic rings. The predicted molar refractivity (Wildman–Crippen MR) is 126 cm³/mol. The molecule has 0 amide bonds. The van der Waals surface area contributed by atoms with E-state index in [-0.39, 0.29) is 18.1 Å². The van der Waals surface area contributed by atoms with Gasteiger partial charge in [0.2, 0.25) is 0 Å². The monoisotopic (exact) mass is 436 g/mol. The number of benzene rings is 2. The summed E-state index contributed by atoms with van der Waals surface area (Å²) in [5.74, 6) is 1.68. The number of aliphatic imine (C=N–C) groups is 1. The van der Waals surface area contributed by atoms with Gasteiger partial charge in [0, 0.05) is 35.8 Å². The van der Waals surface area contributed by atoms with Gasteiger partial charge in [-0.2, -0.15) is 0 Å². The van der Waals surface area contributed by atoms with Gasteiger partial charge in [0.25, 0.3) is 0 Å². The van der Waals surface area contributed by atoms with Crippen LogP contribution in [0.1, 0.15) is 48.8 Å². The molecule has 0 spiro atoms. The van der Waals surface area contributed by atoms with Crippen LogP contribution in [0.25, 0.3) is 0 Å². The molecule has 2 heterocycles. The normalized spacial score (nSPS) is 24.9. The molecule has 32 heavy (non-hydrogen) atoms. The molecule has 3 unspecified atom stereocenters. The lowest BCUT2D eigenvalue weighted by molar-refractivity contribution is 0.111. The van der Waals surface area contributed by atoms with Crippen molar-refractivity contribution in [3.8, 4) is 11.5 Å². The van der Waals surface area contributed by atoms with Crippen molar-refractivity contribution in [1.29, 1.82) is 0 Å². The van der Waals surface area contributed by atoms with Gasteiger partial charge in [-0.3, -0.25) is 4.99 Å². The number of hydrogen-bond acceptors (Lipinski definition) is 6. The van der Waals surface area contributed by atoms with E-state index < -0.39 is 0 Å². The van der Waals surface area contributed by atoms with Gasteiger partial charge in [-0.15, -0.1) is 0 Å². The van der Waals surface area contributed by atoms with Gasteiger partial charge in [-0.05, 0) is 56.0 Å². The quantitative estimate of drug-likeness (QED) is 0.773. The van der Waals surface area contributed by atoms with Crippen LogP contribution in [0.5, 0.6) is 11.5 Å². The van der Waals surface area contributed by atoms with E-state index in [0.717, 1.165) is 73.9 Å². The zero-order chi connectivity index (χ0) is 22.1. The molecular formula is C26H32N2O4. The fraction of sp³-hybridized carbons (Fsp3) is 0.500. The number of methoxy groups -OCH3 is 1. The molecule has 0 radical (unpaired) electrons. The molecule has 1 saturated carbocycles.